The summed E-state index contributed by atoms with van der Waals surface area (Å²) in [5.41, 5.74) is 0. The third kappa shape index (κ3) is 26.0. The van der Waals surface area contributed by atoms with Crippen LogP contribution in [0.1, 0.15) is 153 Å². The molecule has 2 saturated carbocycles. The molecule has 2 heterocycles. The lowest BCUT2D eigenvalue weighted by Crippen LogP contribution is -2.46. The first kappa shape index (κ1) is 49.1. The molecular formula is C41H83N9O4. The summed E-state index contributed by atoms with van der Waals surface area (Å²) in [6.45, 7) is 26.3. The van der Waals surface area contributed by atoms with Gasteiger partial charge in [0.05, 0.1) is 0 Å². The van der Waals surface area contributed by atoms with Crippen molar-refractivity contribution in [3.05, 3.63) is 0 Å². The van der Waals surface area contributed by atoms with Gasteiger partial charge in [0.15, 0.2) is 0 Å². The summed E-state index contributed by atoms with van der Waals surface area (Å²) in [6.07, 6.45) is 15.8. The first-order valence-electron chi connectivity index (χ1n) is 21.5. The molecule has 13 heteroatoms. The Labute approximate surface area is 329 Å². The monoisotopic (exact) mass is 766 g/mol. The maximum Gasteiger partial charge on any atom is 0.317 e. The van der Waals surface area contributed by atoms with E-state index in [0.29, 0.717) is 12.1 Å². The van der Waals surface area contributed by atoms with Crippen LogP contribution in [0.3, 0.4) is 0 Å². The molecule has 0 atom stereocenters. The Balaban J connectivity index is 0.000000360. The lowest BCUT2D eigenvalue weighted by atomic mass is 9.87. The van der Waals surface area contributed by atoms with Crippen molar-refractivity contribution in [2.45, 2.75) is 189 Å². The molecule has 0 aromatic rings. The number of piperidine rings is 1. The fourth-order valence-corrected chi connectivity index (χ4v) is 6.83. The van der Waals surface area contributed by atoms with Gasteiger partial charge in [-0.1, -0.05) is 33.1 Å². The van der Waals surface area contributed by atoms with Gasteiger partial charge < -0.3 is 47.0 Å². The van der Waals surface area contributed by atoms with Gasteiger partial charge in [-0.05, 0) is 145 Å². The van der Waals surface area contributed by atoms with Crippen LogP contribution in [0, 0.1) is 11.8 Å². The second kappa shape index (κ2) is 28.4. The lowest BCUT2D eigenvalue weighted by Gasteiger charge is -2.30. The quantitative estimate of drug-likeness (QED) is 0.136. The smallest absolute Gasteiger partial charge is 0.317 e. The Morgan fingerprint density at radius 2 is 0.926 bits per heavy atom. The number of amides is 8. The van der Waals surface area contributed by atoms with Gasteiger partial charge in [0.1, 0.15) is 0 Å². The zero-order valence-corrected chi connectivity index (χ0v) is 36.1. The molecule has 316 valence electrons. The Bertz CT molecular complexity index is 1010. The van der Waals surface area contributed by atoms with E-state index in [0.717, 1.165) is 76.5 Å². The highest BCUT2D eigenvalue weighted by Gasteiger charge is 2.21. The highest BCUT2D eigenvalue weighted by Crippen LogP contribution is 2.23. The number of carbonyl (C=O) groups is 4. The van der Waals surface area contributed by atoms with E-state index in [-0.39, 0.29) is 48.3 Å². The maximum absolute atomic E-state index is 11.5. The summed E-state index contributed by atoms with van der Waals surface area (Å²) in [5.74, 6) is 1.62. The van der Waals surface area contributed by atoms with Crippen LogP contribution in [0.2, 0.25) is 0 Å². The van der Waals surface area contributed by atoms with E-state index in [1.807, 2.05) is 60.3 Å². The van der Waals surface area contributed by atoms with Crippen molar-refractivity contribution in [3.8, 4) is 0 Å². The van der Waals surface area contributed by atoms with E-state index in [9.17, 15) is 19.2 Å². The van der Waals surface area contributed by atoms with Crippen LogP contribution in [0.5, 0.6) is 0 Å². The molecule has 2 aliphatic heterocycles. The molecule has 0 unspecified atom stereocenters. The van der Waals surface area contributed by atoms with Crippen molar-refractivity contribution in [2.75, 3.05) is 39.3 Å². The topological polar surface area (TPSA) is 159 Å². The number of hydrogen-bond donors (Lipinski definition) is 7. The molecule has 0 bridgehead atoms. The number of nitrogens with zero attached hydrogens (tertiary/aromatic N) is 2. The number of likely N-dealkylation sites (tertiary alicyclic amines) is 2. The molecular weight excluding hydrogens is 683 g/mol. The van der Waals surface area contributed by atoms with Gasteiger partial charge in [0, 0.05) is 62.4 Å². The van der Waals surface area contributed by atoms with Gasteiger partial charge in [-0.25, -0.2) is 19.2 Å². The number of nitrogens with one attached hydrogen (secondary N) is 7. The SMILES string of the molecule is CC(C)NC(=O)NC1CCCCC1.CC(C)NC(=O)NCCN1CCCC1.CC1CCC(NC(=O)NC(C)C)CC1.CC1CCN(C(=O)NC(C)C)CC1. The Hall–Kier alpha value is -2.96. The van der Waals surface area contributed by atoms with E-state index in [1.165, 1.54) is 58.0 Å². The summed E-state index contributed by atoms with van der Waals surface area (Å²) in [7, 11) is 0. The summed E-state index contributed by atoms with van der Waals surface area (Å²) in [5, 5.41) is 20.3. The second-order valence-corrected chi connectivity index (χ2v) is 17.2. The first-order chi connectivity index (χ1) is 25.5. The highest BCUT2D eigenvalue weighted by molar-refractivity contribution is 5.75. The summed E-state index contributed by atoms with van der Waals surface area (Å²) >= 11 is 0. The van der Waals surface area contributed by atoms with Gasteiger partial charge in [-0.3, -0.25) is 0 Å². The summed E-state index contributed by atoms with van der Waals surface area (Å²) < 4.78 is 0. The largest absolute Gasteiger partial charge is 0.337 e. The Kier molecular flexibility index (Phi) is 25.8. The van der Waals surface area contributed by atoms with E-state index in [2.05, 4.69) is 56.0 Å². The predicted molar refractivity (Wildman–Crippen MR) is 223 cm³/mol. The van der Waals surface area contributed by atoms with Crippen molar-refractivity contribution in [2.24, 2.45) is 11.8 Å². The van der Waals surface area contributed by atoms with Crippen LogP contribution in [0.25, 0.3) is 0 Å². The van der Waals surface area contributed by atoms with Crippen LogP contribution >= 0.6 is 0 Å². The molecule has 2 saturated heterocycles. The third-order valence-electron chi connectivity index (χ3n) is 9.95. The van der Waals surface area contributed by atoms with Gasteiger partial charge >= 0.3 is 24.1 Å². The molecule has 4 fully saturated rings. The fraction of sp³-hybridized carbons (Fsp3) is 0.902. The van der Waals surface area contributed by atoms with Crippen LogP contribution in [-0.4, -0.2) is 109 Å². The third-order valence-corrected chi connectivity index (χ3v) is 9.95. The number of rotatable bonds is 9. The summed E-state index contributed by atoms with van der Waals surface area (Å²) in [4.78, 5) is 49.7. The molecule has 2 aliphatic carbocycles. The van der Waals surface area contributed by atoms with E-state index in [4.69, 9.17) is 0 Å². The zero-order chi connectivity index (χ0) is 40.5. The van der Waals surface area contributed by atoms with E-state index >= 15 is 0 Å². The van der Waals surface area contributed by atoms with Crippen molar-refractivity contribution in [1.29, 1.82) is 0 Å². The molecule has 0 spiro atoms. The minimum absolute atomic E-state index is 0.0121. The minimum Gasteiger partial charge on any atom is -0.337 e. The van der Waals surface area contributed by atoms with Gasteiger partial charge in [-0.2, -0.15) is 0 Å². The Morgan fingerprint density at radius 1 is 0.500 bits per heavy atom. The van der Waals surface area contributed by atoms with Crippen LogP contribution in [-0.2, 0) is 0 Å². The highest BCUT2D eigenvalue weighted by atomic mass is 16.2. The molecule has 7 N–H and O–H groups in total. The average Bonchev–Trinajstić information content (AvgIpc) is 3.60. The van der Waals surface area contributed by atoms with Crippen molar-refractivity contribution in [1.82, 2.24) is 47.0 Å². The zero-order valence-electron chi connectivity index (χ0n) is 36.1. The molecule has 4 rings (SSSR count). The van der Waals surface area contributed by atoms with Crippen LogP contribution in [0.4, 0.5) is 19.2 Å². The predicted octanol–water partition coefficient (Wildman–Crippen LogP) is 6.93. The van der Waals surface area contributed by atoms with Gasteiger partial charge in [0.25, 0.3) is 0 Å². The maximum atomic E-state index is 11.5. The minimum atomic E-state index is -0.0563. The molecule has 54 heavy (non-hydrogen) atoms. The molecule has 13 nitrogen and oxygen atoms in total. The molecule has 4 aliphatic rings. The lowest BCUT2D eigenvalue weighted by molar-refractivity contribution is 0.172. The van der Waals surface area contributed by atoms with Gasteiger partial charge in [-0.15, -0.1) is 0 Å². The second-order valence-electron chi connectivity index (χ2n) is 17.2. The van der Waals surface area contributed by atoms with Crippen molar-refractivity contribution < 1.29 is 19.2 Å². The number of hydrogen-bond acceptors (Lipinski definition) is 5. The van der Waals surface area contributed by atoms with E-state index in [1.54, 1.807) is 0 Å². The first-order valence-corrected chi connectivity index (χ1v) is 21.5. The fourth-order valence-electron chi connectivity index (χ4n) is 6.83. The van der Waals surface area contributed by atoms with Crippen molar-refractivity contribution in [3.63, 3.8) is 0 Å². The standard InChI is InChI=1S/C11H22N2O.C10H21N3O.2C10H20N2O/c1-8(2)12-11(14)13-10-6-4-9(3)5-7-10;1-9(2)12-10(14)11-5-8-13-6-3-4-7-13;1-8(2)11-10(13)12-6-4-9(3)5-7-12;1-8(2)11-10(13)12-9-6-4-3-5-7-9/h8-10H,4-7H2,1-3H3,(H2,12,13,14);9H,3-8H2,1-2H3,(H2,11,12,14);8-9H,4-7H2,1-3H3,(H,11,13);8-9H,3-7H2,1-2H3,(H2,11,12,13). The van der Waals surface area contributed by atoms with Gasteiger partial charge in [0.2, 0.25) is 0 Å². The molecule has 8 amide bonds. The molecule has 0 radical (unpaired) electrons. The number of urea groups is 4. The van der Waals surface area contributed by atoms with Crippen LogP contribution < -0.4 is 37.2 Å². The van der Waals surface area contributed by atoms with Crippen LogP contribution in [0.15, 0.2) is 0 Å². The average molecular weight is 766 g/mol. The molecule has 0 aromatic heterocycles. The summed E-state index contributed by atoms with van der Waals surface area (Å²) in [6, 6.07) is 1.72. The number of carbonyl (C=O) groups excluding carboxylic acids is 4. The molecule has 0 aromatic carbocycles. The normalized spacial score (nSPS) is 20.7. The Morgan fingerprint density at radius 3 is 1.39 bits per heavy atom. The van der Waals surface area contributed by atoms with Crippen molar-refractivity contribution >= 4 is 24.1 Å². The van der Waals surface area contributed by atoms with E-state index < -0.39 is 0 Å².